The van der Waals surface area contributed by atoms with Crippen molar-refractivity contribution >= 4 is 40.5 Å². The number of nitrogens with zero attached hydrogens (tertiary/aromatic N) is 1. The molecule has 0 unspecified atom stereocenters. The van der Waals surface area contributed by atoms with Crippen LogP contribution < -0.4 is 5.32 Å². The number of hydrogen-bond acceptors (Lipinski definition) is 5. The lowest BCUT2D eigenvalue weighted by atomic mass is 9.93. The maximum atomic E-state index is 11.0. The monoisotopic (exact) mass is 386 g/mol. The number of halogens is 2. The molecule has 0 aliphatic carbocycles. The molecule has 0 bridgehead atoms. The van der Waals surface area contributed by atoms with Crippen molar-refractivity contribution in [2.75, 3.05) is 19.7 Å². The Morgan fingerprint density at radius 1 is 1.42 bits per heavy atom. The average molecular weight is 387 g/mol. The second-order valence-electron chi connectivity index (χ2n) is 5.56. The summed E-state index contributed by atoms with van der Waals surface area (Å²) in [6, 6.07) is 5.52. The number of carboxylic acid groups (broad SMARTS) is 1. The largest absolute Gasteiger partial charge is 0.477 e. The molecule has 2 N–H and O–H groups in total. The number of benzene rings is 1. The molecule has 24 heavy (non-hydrogen) atoms. The molecule has 1 aromatic carbocycles. The van der Waals surface area contributed by atoms with Gasteiger partial charge in [-0.3, -0.25) is 0 Å². The van der Waals surface area contributed by atoms with Crippen LogP contribution in [0, 0.1) is 5.92 Å². The lowest BCUT2D eigenvalue weighted by molar-refractivity contribution is 0.0307. The number of thiazole rings is 1. The highest BCUT2D eigenvalue weighted by molar-refractivity contribution is 7.13. The van der Waals surface area contributed by atoms with E-state index in [2.05, 4.69) is 10.3 Å². The second-order valence-corrected chi connectivity index (χ2v) is 7.49. The molecule has 3 rings (SSSR count). The summed E-state index contributed by atoms with van der Waals surface area (Å²) in [5, 5.41) is 14.2. The van der Waals surface area contributed by atoms with E-state index in [-0.39, 0.29) is 16.9 Å². The topological polar surface area (TPSA) is 71.5 Å². The van der Waals surface area contributed by atoms with Crippen LogP contribution in [0.5, 0.6) is 0 Å². The number of hydrogen-bond donors (Lipinski definition) is 2. The van der Waals surface area contributed by atoms with Gasteiger partial charge in [-0.15, -0.1) is 11.3 Å². The van der Waals surface area contributed by atoms with Gasteiger partial charge in [-0.25, -0.2) is 9.78 Å². The quantitative estimate of drug-likeness (QED) is 0.838. The van der Waals surface area contributed by atoms with Crippen molar-refractivity contribution in [1.82, 2.24) is 10.3 Å². The lowest BCUT2D eigenvalue weighted by Crippen LogP contribution is -2.26. The average Bonchev–Trinajstić information content (AvgIpc) is 2.90. The molecule has 0 spiro atoms. The number of ether oxygens (including phenoxy) is 1. The highest BCUT2D eigenvalue weighted by Gasteiger charge is 2.28. The number of carboxylic acids is 1. The Bertz CT molecular complexity index is 738. The van der Waals surface area contributed by atoms with E-state index in [4.69, 9.17) is 33.0 Å². The highest BCUT2D eigenvalue weighted by atomic mass is 35.5. The molecule has 1 aliphatic rings. The van der Waals surface area contributed by atoms with Crippen molar-refractivity contribution in [1.29, 1.82) is 0 Å². The van der Waals surface area contributed by atoms with E-state index in [0.29, 0.717) is 23.1 Å². The molecule has 1 saturated heterocycles. The van der Waals surface area contributed by atoms with Crippen LogP contribution in [-0.2, 0) is 11.2 Å². The van der Waals surface area contributed by atoms with Crippen molar-refractivity contribution in [3.05, 3.63) is 49.9 Å². The zero-order chi connectivity index (χ0) is 17.1. The van der Waals surface area contributed by atoms with Crippen LogP contribution in [0.1, 0.15) is 26.3 Å². The van der Waals surface area contributed by atoms with Gasteiger partial charge in [-0.05, 0) is 17.7 Å². The van der Waals surface area contributed by atoms with E-state index < -0.39 is 5.97 Å². The molecular weight excluding hydrogens is 371 g/mol. The predicted molar refractivity (Wildman–Crippen MR) is 94.3 cm³/mol. The number of carbonyl (C=O) groups is 1. The van der Waals surface area contributed by atoms with E-state index in [1.807, 2.05) is 12.1 Å². The SMILES string of the molecule is O=C(O)c1cnc(C[C@@H]2CNCCO[C@H]2c2ccc(Cl)c(Cl)c2)s1. The van der Waals surface area contributed by atoms with Crippen molar-refractivity contribution in [2.45, 2.75) is 12.5 Å². The predicted octanol–water partition coefficient (Wildman–Crippen LogP) is 3.67. The Morgan fingerprint density at radius 2 is 2.25 bits per heavy atom. The first-order valence-electron chi connectivity index (χ1n) is 7.50. The smallest absolute Gasteiger partial charge is 0.347 e. The molecule has 0 saturated carbocycles. The van der Waals surface area contributed by atoms with E-state index in [1.165, 1.54) is 17.5 Å². The number of nitrogens with one attached hydrogen (secondary N) is 1. The molecule has 1 aromatic heterocycles. The summed E-state index contributed by atoms with van der Waals surface area (Å²) in [6.07, 6.45) is 1.89. The fraction of sp³-hybridized carbons (Fsp3) is 0.375. The molecule has 5 nitrogen and oxygen atoms in total. The maximum Gasteiger partial charge on any atom is 0.347 e. The summed E-state index contributed by atoms with van der Waals surface area (Å²) >= 11 is 13.3. The summed E-state index contributed by atoms with van der Waals surface area (Å²) < 4.78 is 6.02. The van der Waals surface area contributed by atoms with Gasteiger partial charge in [0.25, 0.3) is 0 Å². The van der Waals surface area contributed by atoms with Gasteiger partial charge in [0, 0.05) is 25.4 Å². The van der Waals surface area contributed by atoms with Crippen LogP contribution in [0.3, 0.4) is 0 Å². The molecule has 1 fully saturated rings. The van der Waals surface area contributed by atoms with Crippen LogP contribution >= 0.6 is 34.5 Å². The standard InChI is InChI=1S/C16H16Cl2N2O3S/c17-11-2-1-9(5-12(11)18)15-10(7-19-3-4-23-15)6-14-20-8-13(24-14)16(21)22/h1-2,5,8,10,15,19H,3-4,6-7H2,(H,21,22)/t10-,15+/m1/s1. The minimum absolute atomic E-state index is 0.123. The molecular formula is C16H16Cl2N2O3S. The van der Waals surface area contributed by atoms with Gasteiger partial charge in [-0.1, -0.05) is 29.3 Å². The minimum atomic E-state index is -0.949. The van der Waals surface area contributed by atoms with Crippen LogP contribution in [0.15, 0.2) is 24.4 Å². The molecule has 128 valence electrons. The van der Waals surface area contributed by atoms with Gasteiger partial charge >= 0.3 is 5.97 Å². The minimum Gasteiger partial charge on any atom is -0.477 e. The lowest BCUT2D eigenvalue weighted by Gasteiger charge is -2.24. The summed E-state index contributed by atoms with van der Waals surface area (Å²) in [5.74, 6) is -0.826. The van der Waals surface area contributed by atoms with Gasteiger partial charge in [-0.2, -0.15) is 0 Å². The molecule has 0 amide bonds. The normalized spacial score (nSPS) is 21.4. The number of aromatic carboxylic acids is 1. The Labute approximate surface area is 153 Å². The van der Waals surface area contributed by atoms with E-state index >= 15 is 0 Å². The number of rotatable bonds is 4. The highest BCUT2D eigenvalue weighted by Crippen LogP contribution is 2.34. The fourth-order valence-corrected chi connectivity index (χ4v) is 3.91. The van der Waals surface area contributed by atoms with Crippen LogP contribution in [0.2, 0.25) is 10.0 Å². The summed E-state index contributed by atoms with van der Waals surface area (Å²) in [4.78, 5) is 15.5. The van der Waals surface area contributed by atoms with Gasteiger partial charge in [0.1, 0.15) is 4.88 Å². The van der Waals surface area contributed by atoms with E-state index in [1.54, 1.807) is 6.07 Å². The van der Waals surface area contributed by atoms with Gasteiger partial charge in [0.05, 0.1) is 34.0 Å². The maximum absolute atomic E-state index is 11.0. The van der Waals surface area contributed by atoms with Crippen molar-refractivity contribution in [3.63, 3.8) is 0 Å². The van der Waals surface area contributed by atoms with Crippen LogP contribution in [0.4, 0.5) is 0 Å². The Balaban J connectivity index is 1.83. The first-order chi connectivity index (χ1) is 11.5. The first-order valence-corrected chi connectivity index (χ1v) is 9.07. The Kier molecular flexibility index (Phi) is 5.73. The zero-order valence-corrected chi connectivity index (χ0v) is 15.0. The molecule has 2 aromatic rings. The summed E-state index contributed by atoms with van der Waals surface area (Å²) in [5.41, 5.74) is 0.966. The van der Waals surface area contributed by atoms with E-state index in [0.717, 1.165) is 23.7 Å². The third-order valence-electron chi connectivity index (χ3n) is 3.88. The Hall–Kier alpha value is -1.18. The molecule has 0 radical (unpaired) electrons. The molecule has 2 heterocycles. The number of aromatic nitrogens is 1. The molecule has 1 aliphatic heterocycles. The third-order valence-corrected chi connectivity index (χ3v) is 5.63. The van der Waals surface area contributed by atoms with Crippen molar-refractivity contribution in [2.24, 2.45) is 5.92 Å². The van der Waals surface area contributed by atoms with Crippen molar-refractivity contribution in [3.8, 4) is 0 Å². The zero-order valence-electron chi connectivity index (χ0n) is 12.7. The van der Waals surface area contributed by atoms with Crippen LogP contribution in [0.25, 0.3) is 0 Å². The second kappa shape index (κ2) is 7.80. The van der Waals surface area contributed by atoms with Gasteiger partial charge in [0.15, 0.2) is 0 Å². The van der Waals surface area contributed by atoms with Crippen LogP contribution in [-0.4, -0.2) is 35.8 Å². The molecule has 8 heteroatoms. The van der Waals surface area contributed by atoms with Crippen molar-refractivity contribution < 1.29 is 14.6 Å². The Morgan fingerprint density at radius 3 is 2.96 bits per heavy atom. The van der Waals surface area contributed by atoms with Gasteiger partial charge in [0.2, 0.25) is 0 Å². The third kappa shape index (κ3) is 4.07. The molecule has 2 atom stereocenters. The van der Waals surface area contributed by atoms with E-state index in [9.17, 15) is 4.79 Å². The fourth-order valence-electron chi connectivity index (χ4n) is 2.75. The van der Waals surface area contributed by atoms with Gasteiger partial charge < -0.3 is 15.2 Å². The summed E-state index contributed by atoms with van der Waals surface area (Å²) in [7, 11) is 0. The summed E-state index contributed by atoms with van der Waals surface area (Å²) in [6.45, 7) is 2.12. The first kappa shape index (κ1) is 17.6.